The number of carbonyl (C=O) groups is 1. The molecule has 0 spiro atoms. The van der Waals surface area contributed by atoms with Crippen molar-refractivity contribution in [3.05, 3.63) is 68.8 Å². The van der Waals surface area contributed by atoms with E-state index in [0.29, 0.717) is 5.56 Å². The Kier molecular flexibility index (Phi) is 10.3. The molecule has 0 aliphatic carbocycles. The van der Waals surface area contributed by atoms with Gasteiger partial charge < -0.3 is 9.97 Å². The van der Waals surface area contributed by atoms with Crippen LogP contribution < -0.4 is 9.97 Å². The zero-order valence-corrected chi connectivity index (χ0v) is 28.0. The first kappa shape index (κ1) is 32.7. The number of hydrogen-bond acceptors (Lipinski definition) is 3. The molecule has 0 aromatic carbocycles. The number of aldehydes is 1. The fraction of sp³-hybridized carbons (Fsp3) is 0.432. The summed E-state index contributed by atoms with van der Waals surface area (Å²) in [6, 6.07) is 6.52. The first-order valence-electron chi connectivity index (χ1n) is 16.0. The average Bonchev–Trinajstić information content (AvgIpc) is 3.72. The standard InChI is InChI=1S/C37H45N4O.Ni/c1-9-21-23(11-3)32-18-34-25(13-5)27(15-7)36(40-34)29(20-42)37-28(16-8)26(14-6)35(41-37)19-33-24(12-4)22(10-2)31(39-33)17-30(21)38-32;/h17-20H,9-16H2,1-8H3,(H-,38,39,40,41,42);/q-1;+2/p-1. The third-order valence-electron chi connectivity index (χ3n) is 9.11. The van der Waals surface area contributed by atoms with Crippen molar-refractivity contribution in [2.75, 3.05) is 0 Å². The molecule has 5 nitrogen and oxygen atoms in total. The monoisotopic (exact) mass is 618 g/mol. The molecule has 43 heavy (non-hydrogen) atoms. The molecular weight excluding hydrogens is 575 g/mol. The number of aromatic nitrogens is 4. The Balaban J connectivity index is 0.00000423. The van der Waals surface area contributed by atoms with Crippen LogP contribution in [0.4, 0.5) is 0 Å². The van der Waals surface area contributed by atoms with Gasteiger partial charge in [-0.15, -0.1) is 22.1 Å². The second kappa shape index (κ2) is 13.6. The van der Waals surface area contributed by atoms with Crippen LogP contribution in [-0.2, 0) is 42.2 Å². The molecule has 3 aromatic heterocycles. The molecule has 0 saturated heterocycles. The van der Waals surface area contributed by atoms with E-state index in [0.717, 1.165) is 114 Å². The third kappa shape index (κ3) is 5.37. The summed E-state index contributed by atoms with van der Waals surface area (Å²) in [6.07, 6.45) is 7.84. The number of aryl methyl sites for hydroxylation is 4. The normalized spacial score (nSPS) is 13.1. The average molecular weight is 619 g/mol. The number of fused-ring (bicyclic) bond motifs is 8. The van der Waals surface area contributed by atoms with Crippen molar-refractivity contribution in [2.24, 2.45) is 0 Å². The van der Waals surface area contributed by atoms with Crippen LogP contribution in [0.2, 0.25) is 0 Å². The Morgan fingerprint density at radius 2 is 0.930 bits per heavy atom. The second-order valence-corrected chi connectivity index (χ2v) is 11.1. The summed E-state index contributed by atoms with van der Waals surface area (Å²) in [6.45, 7) is 17.5. The van der Waals surface area contributed by atoms with E-state index in [4.69, 9.17) is 19.9 Å². The molecule has 8 bridgehead atoms. The number of carbonyl (C=O) groups excluding carboxylic acids is 1. The number of rotatable bonds is 9. The van der Waals surface area contributed by atoms with Crippen LogP contribution >= 0.6 is 0 Å². The minimum absolute atomic E-state index is 0. The molecule has 5 heterocycles. The van der Waals surface area contributed by atoms with Crippen LogP contribution in [0, 0.1) is 0 Å². The molecule has 0 amide bonds. The van der Waals surface area contributed by atoms with E-state index < -0.39 is 0 Å². The van der Waals surface area contributed by atoms with Crippen molar-refractivity contribution in [1.82, 2.24) is 19.9 Å². The summed E-state index contributed by atoms with van der Waals surface area (Å²) in [5.41, 5.74) is 17.7. The molecular formula is C37H44N4NiO. The summed E-state index contributed by atoms with van der Waals surface area (Å²) < 4.78 is 0. The molecule has 2 aliphatic rings. The van der Waals surface area contributed by atoms with Crippen molar-refractivity contribution in [2.45, 2.75) is 107 Å². The van der Waals surface area contributed by atoms with Crippen LogP contribution in [0.25, 0.3) is 44.4 Å². The Hall–Kier alpha value is -3.24. The van der Waals surface area contributed by atoms with Gasteiger partial charge in [-0.1, -0.05) is 95.8 Å². The van der Waals surface area contributed by atoms with Gasteiger partial charge in [0.1, 0.15) is 0 Å². The Morgan fingerprint density at radius 1 is 0.535 bits per heavy atom. The van der Waals surface area contributed by atoms with E-state index in [9.17, 15) is 4.79 Å². The van der Waals surface area contributed by atoms with E-state index in [-0.39, 0.29) is 16.5 Å². The van der Waals surface area contributed by atoms with Gasteiger partial charge in [0.15, 0.2) is 6.29 Å². The van der Waals surface area contributed by atoms with Crippen molar-refractivity contribution in [3.8, 4) is 0 Å². The van der Waals surface area contributed by atoms with E-state index in [1.165, 1.54) is 33.4 Å². The van der Waals surface area contributed by atoms with E-state index >= 15 is 0 Å². The molecule has 5 rings (SSSR count). The third-order valence-corrected chi connectivity index (χ3v) is 9.11. The van der Waals surface area contributed by atoms with Gasteiger partial charge >= 0.3 is 16.5 Å². The van der Waals surface area contributed by atoms with Crippen LogP contribution in [0.3, 0.4) is 0 Å². The van der Waals surface area contributed by atoms with Gasteiger partial charge in [-0.05, 0) is 73.7 Å². The first-order valence-corrected chi connectivity index (χ1v) is 16.0. The molecule has 0 atom stereocenters. The summed E-state index contributed by atoms with van der Waals surface area (Å²) >= 11 is 0. The van der Waals surface area contributed by atoms with Gasteiger partial charge in [0.2, 0.25) is 0 Å². The molecule has 0 radical (unpaired) electrons. The molecule has 0 N–H and O–H groups in total. The van der Waals surface area contributed by atoms with Gasteiger partial charge in [0, 0.05) is 5.56 Å². The Morgan fingerprint density at radius 3 is 1.35 bits per heavy atom. The van der Waals surface area contributed by atoms with Crippen LogP contribution in [0.1, 0.15) is 136 Å². The summed E-state index contributed by atoms with van der Waals surface area (Å²) in [7, 11) is 0. The van der Waals surface area contributed by atoms with Gasteiger partial charge in [-0.25, -0.2) is 9.97 Å². The summed E-state index contributed by atoms with van der Waals surface area (Å²) in [5.74, 6) is 0. The predicted octanol–water partition coefficient (Wildman–Crippen LogP) is 9.09. The maximum absolute atomic E-state index is 12.9. The zero-order chi connectivity index (χ0) is 30.1. The smallest absolute Gasteiger partial charge is 0.657 e. The maximum Gasteiger partial charge on any atom is 2.00 e. The van der Waals surface area contributed by atoms with Crippen molar-refractivity contribution in [1.29, 1.82) is 0 Å². The maximum atomic E-state index is 12.9. The van der Waals surface area contributed by atoms with E-state index in [1.807, 2.05) is 0 Å². The van der Waals surface area contributed by atoms with Gasteiger partial charge in [-0.2, -0.15) is 0 Å². The number of allylic oxidation sites excluding steroid dienone is 4. The minimum atomic E-state index is 0. The van der Waals surface area contributed by atoms with Crippen molar-refractivity contribution < 1.29 is 21.3 Å². The second-order valence-electron chi connectivity index (χ2n) is 11.1. The Labute approximate surface area is 266 Å². The minimum Gasteiger partial charge on any atom is -0.657 e. The van der Waals surface area contributed by atoms with Gasteiger partial charge in [0.25, 0.3) is 0 Å². The summed E-state index contributed by atoms with van der Waals surface area (Å²) in [4.78, 5) is 33.8. The number of hydrogen-bond donors (Lipinski definition) is 0. The van der Waals surface area contributed by atoms with E-state index in [1.54, 1.807) is 0 Å². The zero-order valence-electron chi connectivity index (χ0n) is 27.0. The predicted molar refractivity (Wildman–Crippen MR) is 177 cm³/mol. The van der Waals surface area contributed by atoms with Crippen LogP contribution in [0.15, 0.2) is 18.2 Å². The number of nitrogens with zero attached hydrogens (tertiary/aromatic N) is 4. The van der Waals surface area contributed by atoms with Gasteiger partial charge in [-0.3, -0.25) is 4.79 Å². The molecule has 6 heteroatoms. The van der Waals surface area contributed by atoms with Crippen LogP contribution in [0.5, 0.6) is 0 Å². The fourth-order valence-electron chi connectivity index (χ4n) is 7.16. The quantitative estimate of drug-likeness (QED) is 0.177. The molecule has 228 valence electrons. The molecule has 2 aliphatic heterocycles. The SMILES string of the molecule is CCC1=C(CC)c2cc3[n-]c(c(C=O)c4nc(cc5[n-]c(cc1n2)c(CC)c5CC)C(CC)=C4CC)c(CC)c3CC.[Ni+2]. The molecule has 0 fully saturated rings. The largest absolute Gasteiger partial charge is 2.00 e. The topological polar surface area (TPSA) is 71.1 Å². The van der Waals surface area contributed by atoms with Crippen molar-refractivity contribution in [3.63, 3.8) is 0 Å². The molecule has 3 aromatic rings. The Bertz CT molecular complexity index is 1780. The van der Waals surface area contributed by atoms with Crippen molar-refractivity contribution >= 4 is 50.6 Å². The van der Waals surface area contributed by atoms with E-state index in [2.05, 4.69) is 73.6 Å². The van der Waals surface area contributed by atoms with Crippen LogP contribution in [-0.4, -0.2) is 16.3 Å². The summed E-state index contributed by atoms with van der Waals surface area (Å²) in [5, 5.41) is 0. The fourth-order valence-corrected chi connectivity index (χ4v) is 7.16. The molecule has 0 saturated carbocycles. The first-order chi connectivity index (χ1) is 20.4. The van der Waals surface area contributed by atoms with Gasteiger partial charge in [0.05, 0.1) is 22.8 Å². The molecule has 0 unspecified atom stereocenters.